The molecule has 0 aliphatic heterocycles. The van der Waals surface area contributed by atoms with Crippen molar-refractivity contribution in [2.75, 3.05) is 6.54 Å². The topological polar surface area (TPSA) is 82.5 Å². The summed E-state index contributed by atoms with van der Waals surface area (Å²) in [5.74, 6) is -0.149. The molecule has 1 aromatic rings. The third kappa shape index (κ3) is 4.50. The number of aliphatic hydroxyl groups is 2. The van der Waals surface area contributed by atoms with Crippen LogP contribution in [0.5, 0.6) is 0 Å². The Labute approximate surface area is 101 Å². The van der Waals surface area contributed by atoms with Crippen LogP contribution in [-0.4, -0.2) is 33.8 Å². The number of nitrogens with zero attached hydrogens (tertiary/aromatic N) is 1. The highest BCUT2D eigenvalue weighted by atomic mass is 16.3. The number of rotatable bonds is 5. The normalized spacial score (nSPS) is 14.1. The molecule has 0 bridgehead atoms. The standard InChI is InChI=1S/C12H18N2O3/c1-8-5-10(7-13-6-8)12(17)11(16)3-4-14-9(2)15/h5-7,11-12,16-17H,3-4H2,1-2H3,(H,14,15). The van der Waals surface area contributed by atoms with E-state index in [1.807, 2.05) is 6.92 Å². The van der Waals surface area contributed by atoms with Crippen molar-refractivity contribution in [3.8, 4) is 0 Å². The van der Waals surface area contributed by atoms with E-state index in [4.69, 9.17) is 0 Å². The molecule has 1 heterocycles. The lowest BCUT2D eigenvalue weighted by molar-refractivity contribution is -0.119. The number of aromatic nitrogens is 1. The summed E-state index contributed by atoms with van der Waals surface area (Å²) in [4.78, 5) is 14.6. The molecule has 5 heteroatoms. The minimum Gasteiger partial charge on any atom is -0.390 e. The molecule has 0 saturated carbocycles. The van der Waals surface area contributed by atoms with Gasteiger partial charge in [0, 0.05) is 31.4 Å². The van der Waals surface area contributed by atoms with Crippen molar-refractivity contribution >= 4 is 5.91 Å². The summed E-state index contributed by atoms with van der Waals surface area (Å²) in [6.07, 6.45) is 1.62. The molecular formula is C12H18N2O3. The van der Waals surface area contributed by atoms with Gasteiger partial charge in [-0.1, -0.05) is 6.07 Å². The molecule has 2 unspecified atom stereocenters. The molecule has 0 spiro atoms. The van der Waals surface area contributed by atoms with Gasteiger partial charge in [0.1, 0.15) is 6.10 Å². The molecule has 1 amide bonds. The van der Waals surface area contributed by atoms with Crippen LogP contribution in [0.3, 0.4) is 0 Å². The highest BCUT2D eigenvalue weighted by Gasteiger charge is 2.18. The third-order valence-electron chi connectivity index (χ3n) is 2.42. The smallest absolute Gasteiger partial charge is 0.216 e. The Morgan fingerprint density at radius 2 is 2.18 bits per heavy atom. The second-order valence-electron chi connectivity index (χ2n) is 4.08. The van der Waals surface area contributed by atoms with Crippen LogP contribution in [0.25, 0.3) is 0 Å². The Hall–Kier alpha value is -1.46. The highest BCUT2D eigenvalue weighted by Crippen LogP contribution is 2.18. The summed E-state index contributed by atoms with van der Waals surface area (Å²) >= 11 is 0. The number of aliphatic hydroxyl groups excluding tert-OH is 2. The minimum atomic E-state index is -0.976. The molecular weight excluding hydrogens is 220 g/mol. The monoisotopic (exact) mass is 238 g/mol. The van der Waals surface area contributed by atoms with Crippen LogP contribution in [0.1, 0.15) is 30.6 Å². The number of hydrogen-bond donors (Lipinski definition) is 3. The van der Waals surface area contributed by atoms with E-state index >= 15 is 0 Å². The molecule has 2 atom stereocenters. The maximum Gasteiger partial charge on any atom is 0.216 e. The first kappa shape index (κ1) is 13.6. The zero-order valence-electron chi connectivity index (χ0n) is 10.1. The van der Waals surface area contributed by atoms with Crippen molar-refractivity contribution in [1.29, 1.82) is 0 Å². The van der Waals surface area contributed by atoms with Gasteiger partial charge in [0.05, 0.1) is 6.10 Å². The fourth-order valence-electron chi connectivity index (χ4n) is 1.52. The van der Waals surface area contributed by atoms with E-state index < -0.39 is 12.2 Å². The summed E-state index contributed by atoms with van der Waals surface area (Å²) < 4.78 is 0. The van der Waals surface area contributed by atoms with Gasteiger partial charge in [-0.3, -0.25) is 9.78 Å². The predicted molar refractivity (Wildman–Crippen MR) is 63.2 cm³/mol. The zero-order valence-corrected chi connectivity index (χ0v) is 10.1. The lowest BCUT2D eigenvalue weighted by Gasteiger charge is -2.18. The highest BCUT2D eigenvalue weighted by molar-refractivity contribution is 5.72. The van der Waals surface area contributed by atoms with E-state index in [2.05, 4.69) is 10.3 Å². The van der Waals surface area contributed by atoms with Crippen molar-refractivity contribution in [1.82, 2.24) is 10.3 Å². The van der Waals surface area contributed by atoms with E-state index in [9.17, 15) is 15.0 Å². The molecule has 3 N–H and O–H groups in total. The SMILES string of the molecule is CC(=O)NCCC(O)C(O)c1cncc(C)c1. The molecule has 1 rings (SSSR count). The van der Waals surface area contributed by atoms with Gasteiger partial charge in [-0.25, -0.2) is 0 Å². The van der Waals surface area contributed by atoms with E-state index in [-0.39, 0.29) is 5.91 Å². The third-order valence-corrected chi connectivity index (χ3v) is 2.42. The van der Waals surface area contributed by atoms with Gasteiger partial charge < -0.3 is 15.5 Å². The lowest BCUT2D eigenvalue weighted by atomic mass is 10.0. The molecule has 17 heavy (non-hydrogen) atoms. The van der Waals surface area contributed by atoms with Crippen LogP contribution in [0.15, 0.2) is 18.5 Å². The number of nitrogens with one attached hydrogen (secondary N) is 1. The number of amides is 1. The van der Waals surface area contributed by atoms with Crippen molar-refractivity contribution in [2.45, 2.75) is 32.5 Å². The van der Waals surface area contributed by atoms with Gasteiger partial charge in [-0.05, 0) is 18.9 Å². The van der Waals surface area contributed by atoms with E-state index in [0.29, 0.717) is 18.5 Å². The van der Waals surface area contributed by atoms with Crippen molar-refractivity contribution in [3.05, 3.63) is 29.6 Å². The largest absolute Gasteiger partial charge is 0.390 e. The van der Waals surface area contributed by atoms with E-state index in [1.54, 1.807) is 12.3 Å². The summed E-state index contributed by atoms with van der Waals surface area (Å²) in [5, 5.41) is 22.2. The molecule has 1 aromatic heterocycles. The summed E-state index contributed by atoms with van der Waals surface area (Å²) in [5.41, 5.74) is 1.51. The quantitative estimate of drug-likeness (QED) is 0.689. The Morgan fingerprint density at radius 1 is 1.47 bits per heavy atom. The van der Waals surface area contributed by atoms with Gasteiger partial charge in [-0.2, -0.15) is 0 Å². The maximum atomic E-state index is 10.6. The van der Waals surface area contributed by atoms with Gasteiger partial charge >= 0.3 is 0 Å². The van der Waals surface area contributed by atoms with Crippen LogP contribution in [0.4, 0.5) is 0 Å². The Balaban J connectivity index is 2.51. The van der Waals surface area contributed by atoms with Gasteiger partial charge in [0.25, 0.3) is 0 Å². The van der Waals surface area contributed by atoms with Crippen LogP contribution in [0, 0.1) is 6.92 Å². The average molecular weight is 238 g/mol. The van der Waals surface area contributed by atoms with Gasteiger partial charge in [0.15, 0.2) is 0 Å². The Kier molecular flexibility index (Phi) is 5.06. The molecule has 0 aromatic carbocycles. The first-order chi connectivity index (χ1) is 8.00. The zero-order chi connectivity index (χ0) is 12.8. The summed E-state index contributed by atoms with van der Waals surface area (Å²) in [6.45, 7) is 3.62. The molecule has 5 nitrogen and oxygen atoms in total. The summed E-state index contributed by atoms with van der Waals surface area (Å²) in [7, 11) is 0. The van der Waals surface area contributed by atoms with Crippen molar-refractivity contribution in [3.63, 3.8) is 0 Å². The molecule has 0 aliphatic rings. The molecule has 94 valence electrons. The first-order valence-corrected chi connectivity index (χ1v) is 5.53. The molecule has 0 fully saturated rings. The number of carbonyl (C=O) groups excluding carboxylic acids is 1. The Morgan fingerprint density at radius 3 is 2.76 bits per heavy atom. The van der Waals surface area contributed by atoms with Crippen LogP contribution in [0.2, 0.25) is 0 Å². The second kappa shape index (κ2) is 6.32. The van der Waals surface area contributed by atoms with Crippen LogP contribution in [-0.2, 0) is 4.79 Å². The van der Waals surface area contributed by atoms with Crippen LogP contribution < -0.4 is 5.32 Å². The molecule has 0 radical (unpaired) electrons. The van der Waals surface area contributed by atoms with Crippen LogP contribution >= 0.6 is 0 Å². The number of pyridine rings is 1. The number of carbonyl (C=O) groups is 1. The maximum absolute atomic E-state index is 10.6. The fraction of sp³-hybridized carbons (Fsp3) is 0.500. The van der Waals surface area contributed by atoms with Gasteiger partial charge in [0.2, 0.25) is 5.91 Å². The average Bonchev–Trinajstić information content (AvgIpc) is 2.27. The first-order valence-electron chi connectivity index (χ1n) is 5.53. The molecule has 0 aliphatic carbocycles. The van der Waals surface area contributed by atoms with Crippen molar-refractivity contribution in [2.24, 2.45) is 0 Å². The number of hydrogen-bond acceptors (Lipinski definition) is 4. The second-order valence-corrected chi connectivity index (χ2v) is 4.08. The van der Waals surface area contributed by atoms with Crippen molar-refractivity contribution < 1.29 is 15.0 Å². The van der Waals surface area contributed by atoms with Gasteiger partial charge in [-0.15, -0.1) is 0 Å². The minimum absolute atomic E-state index is 0.149. The summed E-state index contributed by atoms with van der Waals surface area (Å²) in [6, 6.07) is 1.78. The fourth-order valence-corrected chi connectivity index (χ4v) is 1.52. The van der Waals surface area contributed by atoms with E-state index in [0.717, 1.165) is 5.56 Å². The molecule has 0 saturated heterocycles. The lowest BCUT2D eigenvalue weighted by Crippen LogP contribution is -2.27. The number of aryl methyl sites for hydroxylation is 1. The Bertz CT molecular complexity index is 382. The van der Waals surface area contributed by atoms with E-state index in [1.165, 1.54) is 13.1 Å². The predicted octanol–water partition coefficient (Wildman–Crippen LogP) is 0.311.